The monoisotopic (exact) mass is 285 g/mol. The summed E-state index contributed by atoms with van der Waals surface area (Å²) in [5.41, 5.74) is -0.0967. The molecule has 0 saturated heterocycles. The van der Waals surface area contributed by atoms with Gasteiger partial charge in [-0.1, -0.05) is 0 Å². The summed E-state index contributed by atoms with van der Waals surface area (Å²) in [6.45, 7) is 0. The van der Waals surface area contributed by atoms with Gasteiger partial charge in [-0.15, -0.1) is 0 Å². The van der Waals surface area contributed by atoms with Crippen LogP contribution in [-0.2, 0) is 4.74 Å². The second-order valence-electron chi connectivity index (χ2n) is 3.21. The lowest BCUT2D eigenvalue weighted by molar-refractivity contribution is -0.384. The summed E-state index contributed by atoms with van der Waals surface area (Å²) in [6.07, 6.45) is -0.770. The number of anilines is 1. The number of nitro benzene ring substituents is 1. The molecule has 0 saturated carbocycles. The van der Waals surface area contributed by atoms with Crippen LogP contribution in [0.25, 0.3) is 0 Å². The van der Waals surface area contributed by atoms with E-state index in [0.29, 0.717) is 5.75 Å². The van der Waals surface area contributed by atoms with E-state index in [1.54, 1.807) is 0 Å². The van der Waals surface area contributed by atoms with Gasteiger partial charge in [0.25, 0.3) is 5.69 Å². The first-order valence-corrected chi connectivity index (χ1v) is 5.37. The van der Waals surface area contributed by atoms with Crippen LogP contribution in [0.15, 0.2) is 18.2 Å². The van der Waals surface area contributed by atoms with Crippen molar-refractivity contribution < 1.29 is 19.2 Å². The van der Waals surface area contributed by atoms with Crippen LogP contribution >= 0.6 is 12.2 Å². The normalized spacial score (nSPS) is 9.37. The summed E-state index contributed by atoms with van der Waals surface area (Å²) >= 11 is 4.81. The summed E-state index contributed by atoms with van der Waals surface area (Å²) < 4.78 is 9.23. The zero-order valence-electron chi connectivity index (χ0n) is 10.1. The Morgan fingerprint density at radius 2 is 2.11 bits per heavy atom. The van der Waals surface area contributed by atoms with E-state index in [4.69, 9.17) is 17.0 Å². The third-order valence-corrected chi connectivity index (χ3v) is 2.25. The molecular weight excluding hydrogens is 274 g/mol. The molecule has 0 bridgehead atoms. The highest BCUT2D eigenvalue weighted by Crippen LogP contribution is 2.28. The SMILES string of the molecule is COC(=O)NC(=S)Nc1ccc(OC)cc1[N+](=O)[O-]. The molecule has 9 heteroatoms. The lowest BCUT2D eigenvalue weighted by Crippen LogP contribution is -2.34. The summed E-state index contributed by atoms with van der Waals surface area (Å²) in [7, 11) is 2.57. The van der Waals surface area contributed by atoms with Crippen molar-refractivity contribution in [3.05, 3.63) is 28.3 Å². The molecule has 102 valence electrons. The minimum atomic E-state index is -0.770. The third kappa shape index (κ3) is 4.07. The molecule has 0 radical (unpaired) electrons. The standard InChI is InChI=1S/C10H11N3O5S/c1-17-6-3-4-7(8(5-6)13(15)16)11-9(19)12-10(14)18-2/h3-5H,1-2H3,(H2,11,12,14,19). The molecule has 0 aromatic heterocycles. The van der Waals surface area contributed by atoms with Crippen LogP contribution in [0.1, 0.15) is 0 Å². The van der Waals surface area contributed by atoms with E-state index in [2.05, 4.69) is 15.4 Å². The van der Waals surface area contributed by atoms with Crippen molar-refractivity contribution >= 4 is 34.8 Å². The topological polar surface area (TPSA) is 103 Å². The Labute approximate surface area is 113 Å². The molecule has 2 N–H and O–H groups in total. The molecule has 0 fully saturated rings. The van der Waals surface area contributed by atoms with Crippen molar-refractivity contribution in [1.82, 2.24) is 5.32 Å². The Morgan fingerprint density at radius 1 is 1.42 bits per heavy atom. The quantitative estimate of drug-likeness (QED) is 0.494. The first-order valence-electron chi connectivity index (χ1n) is 4.96. The molecule has 0 atom stereocenters. The number of ether oxygens (including phenoxy) is 2. The first-order chi connectivity index (χ1) is 8.97. The Kier molecular flexibility index (Phi) is 5.01. The number of benzene rings is 1. The lowest BCUT2D eigenvalue weighted by atomic mass is 10.2. The smallest absolute Gasteiger partial charge is 0.413 e. The van der Waals surface area contributed by atoms with Crippen LogP contribution < -0.4 is 15.4 Å². The van der Waals surface area contributed by atoms with Gasteiger partial charge in [-0.3, -0.25) is 15.4 Å². The van der Waals surface area contributed by atoms with Crippen LogP contribution in [0.3, 0.4) is 0 Å². The Hall–Kier alpha value is -2.42. The Bertz CT molecular complexity index is 520. The summed E-state index contributed by atoms with van der Waals surface area (Å²) in [5, 5.41) is 15.5. The minimum absolute atomic E-state index is 0.111. The van der Waals surface area contributed by atoms with Crippen LogP contribution in [0.2, 0.25) is 0 Å². The molecule has 0 heterocycles. The highest BCUT2D eigenvalue weighted by atomic mass is 32.1. The Morgan fingerprint density at radius 3 is 2.63 bits per heavy atom. The molecule has 0 spiro atoms. The number of hydrogen-bond donors (Lipinski definition) is 2. The van der Waals surface area contributed by atoms with Gasteiger partial charge in [0.1, 0.15) is 11.4 Å². The molecule has 0 unspecified atom stereocenters. The molecule has 19 heavy (non-hydrogen) atoms. The maximum absolute atomic E-state index is 10.9. The van der Waals surface area contributed by atoms with Crippen LogP contribution in [0, 0.1) is 10.1 Å². The molecular formula is C10H11N3O5S. The number of amides is 1. The fourth-order valence-electron chi connectivity index (χ4n) is 1.19. The molecule has 1 amide bonds. The number of methoxy groups -OCH3 is 2. The average molecular weight is 285 g/mol. The molecule has 1 aromatic rings. The number of nitro groups is 1. The van der Waals surface area contributed by atoms with Crippen LogP contribution in [-0.4, -0.2) is 30.3 Å². The number of hydrogen-bond acceptors (Lipinski definition) is 6. The summed E-state index contributed by atoms with van der Waals surface area (Å²) in [4.78, 5) is 21.2. The molecule has 0 aliphatic heterocycles. The van der Waals surface area contributed by atoms with Gasteiger partial charge in [0, 0.05) is 0 Å². The fraction of sp³-hybridized carbons (Fsp3) is 0.200. The van der Waals surface area contributed by atoms with Crippen molar-refractivity contribution in [3.8, 4) is 5.75 Å². The van der Waals surface area contributed by atoms with Gasteiger partial charge in [-0.05, 0) is 24.4 Å². The predicted molar refractivity (Wildman–Crippen MR) is 71.4 cm³/mol. The van der Waals surface area contributed by atoms with E-state index in [1.807, 2.05) is 0 Å². The molecule has 8 nitrogen and oxygen atoms in total. The zero-order chi connectivity index (χ0) is 14.4. The van der Waals surface area contributed by atoms with Gasteiger partial charge in [-0.25, -0.2) is 4.79 Å². The van der Waals surface area contributed by atoms with E-state index >= 15 is 0 Å². The fourth-order valence-corrected chi connectivity index (χ4v) is 1.39. The van der Waals surface area contributed by atoms with Gasteiger partial charge >= 0.3 is 6.09 Å². The number of alkyl carbamates (subject to hydrolysis) is 1. The Balaban J connectivity index is 2.91. The number of thiocarbonyl (C=S) groups is 1. The number of carbonyl (C=O) groups excluding carboxylic acids is 1. The van der Waals surface area contributed by atoms with Gasteiger partial charge in [0.15, 0.2) is 5.11 Å². The minimum Gasteiger partial charge on any atom is -0.496 e. The number of rotatable bonds is 3. The molecule has 1 aromatic carbocycles. The van der Waals surface area contributed by atoms with Gasteiger partial charge in [0.2, 0.25) is 0 Å². The zero-order valence-corrected chi connectivity index (χ0v) is 10.9. The van der Waals surface area contributed by atoms with Crippen molar-refractivity contribution in [2.75, 3.05) is 19.5 Å². The van der Waals surface area contributed by atoms with Gasteiger partial charge < -0.3 is 14.8 Å². The second kappa shape index (κ2) is 6.50. The third-order valence-electron chi connectivity index (χ3n) is 2.05. The molecule has 0 aliphatic rings. The van der Waals surface area contributed by atoms with Crippen LogP contribution in [0.4, 0.5) is 16.2 Å². The van der Waals surface area contributed by atoms with E-state index in [0.717, 1.165) is 0 Å². The highest BCUT2D eigenvalue weighted by molar-refractivity contribution is 7.80. The maximum Gasteiger partial charge on any atom is 0.413 e. The summed E-state index contributed by atoms with van der Waals surface area (Å²) in [5.74, 6) is 0.337. The van der Waals surface area contributed by atoms with Crippen molar-refractivity contribution in [3.63, 3.8) is 0 Å². The first kappa shape index (κ1) is 14.6. The highest BCUT2D eigenvalue weighted by Gasteiger charge is 2.16. The number of nitrogens with zero attached hydrogens (tertiary/aromatic N) is 1. The molecule has 1 rings (SSSR count). The molecule has 0 aliphatic carbocycles. The number of carbonyl (C=O) groups is 1. The maximum atomic E-state index is 10.9. The van der Waals surface area contributed by atoms with E-state index in [-0.39, 0.29) is 16.5 Å². The average Bonchev–Trinajstić information content (AvgIpc) is 2.38. The van der Waals surface area contributed by atoms with Crippen molar-refractivity contribution in [2.24, 2.45) is 0 Å². The van der Waals surface area contributed by atoms with Crippen molar-refractivity contribution in [2.45, 2.75) is 0 Å². The van der Waals surface area contributed by atoms with E-state index < -0.39 is 11.0 Å². The van der Waals surface area contributed by atoms with Gasteiger partial charge in [-0.2, -0.15) is 0 Å². The van der Waals surface area contributed by atoms with E-state index in [9.17, 15) is 14.9 Å². The lowest BCUT2D eigenvalue weighted by Gasteiger charge is -2.09. The predicted octanol–water partition coefficient (Wildman–Crippen LogP) is 1.66. The number of nitrogens with one attached hydrogen (secondary N) is 2. The van der Waals surface area contributed by atoms with Crippen molar-refractivity contribution in [1.29, 1.82) is 0 Å². The second-order valence-corrected chi connectivity index (χ2v) is 3.62. The largest absolute Gasteiger partial charge is 0.496 e. The van der Waals surface area contributed by atoms with Crippen LogP contribution in [0.5, 0.6) is 5.75 Å². The summed E-state index contributed by atoms with van der Waals surface area (Å²) in [6, 6.07) is 4.18. The van der Waals surface area contributed by atoms with E-state index in [1.165, 1.54) is 32.4 Å². The van der Waals surface area contributed by atoms with Gasteiger partial charge in [0.05, 0.1) is 25.2 Å².